The van der Waals surface area contributed by atoms with Gasteiger partial charge < -0.3 is 0 Å². The van der Waals surface area contributed by atoms with Crippen LogP contribution in [0.3, 0.4) is 0 Å². The van der Waals surface area contributed by atoms with Crippen LogP contribution in [0.4, 0.5) is 4.39 Å². The lowest BCUT2D eigenvalue weighted by Crippen LogP contribution is -2.18. The lowest BCUT2D eigenvalue weighted by Gasteiger charge is -2.02. The highest BCUT2D eigenvalue weighted by Crippen LogP contribution is 2.06. The summed E-state index contributed by atoms with van der Waals surface area (Å²) in [6.07, 6.45) is 0.789. The second-order valence-electron chi connectivity index (χ2n) is 4.09. The van der Waals surface area contributed by atoms with E-state index in [1.54, 1.807) is 19.1 Å². The second-order valence-corrected chi connectivity index (χ2v) is 4.09. The van der Waals surface area contributed by atoms with Gasteiger partial charge in [0, 0.05) is 11.3 Å². The predicted octanol–water partition coefficient (Wildman–Crippen LogP) is 2.23. The van der Waals surface area contributed by atoms with E-state index in [1.807, 2.05) is 6.92 Å². The molecule has 0 spiro atoms. The highest BCUT2D eigenvalue weighted by Gasteiger charge is 2.08. The van der Waals surface area contributed by atoms with Crippen LogP contribution in [0.1, 0.15) is 23.7 Å². The van der Waals surface area contributed by atoms with Crippen molar-refractivity contribution in [3.05, 3.63) is 57.3 Å². The Morgan fingerprint density at radius 2 is 2.18 bits per heavy atom. The fourth-order valence-electron chi connectivity index (χ4n) is 1.90. The van der Waals surface area contributed by atoms with E-state index in [1.165, 1.54) is 16.8 Å². The molecular formula is C13H15FN2O. The Labute approximate surface area is 98.9 Å². The number of aryl methyl sites for hydroxylation is 1. The molecule has 0 bridgehead atoms. The summed E-state index contributed by atoms with van der Waals surface area (Å²) in [4.78, 5) is 11.9. The summed E-state index contributed by atoms with van der Waals surface area (Å²) in [6.45, 7) is 4.17. The summed E-state index contributed by atoms with van der Waals surface area (Å²) < 4.78 is 14.5. The highest BCUT2D eigenvalue weighted by atomic mass is 19.1. The first-order chi connectivity index (χ1) is 8.11. The van der Waals surface area contributed by atoms with E-state index in [9.17, 15) is 9.18 Å². The van der Waals surface area contributed by atoms with Gasteiger partial charge in [0.25, 0.3) is 5.56 Å². The number of nitrogens with one attached hydrogen (secondary N) is 1. The van der Waals surface area contributed by atoms with Crippen LogP contribution in [-0.4, -0.2) is 9.78 Å². The van der Waals surface area contributed by atoms with Gasteiger partial charge >= 0.3 is 0 Å². The third kappa shape index (κ3) is 2.30. The summed E-state index contributed by atoms with van der Waals surface area (Å²) in [5.74, 6) is -0.283. The molecule has 0 aliphatic carbocycles. The summed E-state index contributed by atoms with van der Waals surface area (Å²) >= 11 is 0. The minimum absolute atomic E-state index is 0.0360. The SMILES string of the molecule is CCc1[nH]n(Cc2cccc(F)c2)c(=O)c1C. The molecule has 1 heterocycles. The van der Waals surface area contributed by atoms with E-state index >= 15 is 0 Å². The molecule has 2 aromatic rings. The Morgan fingerprint density at radius 3 is 2.76 bits per heavy atom. The molecule has 0 saturated heterocycles. The van der Waals surface area contributed by atoms with Crippen LogP contribution >= 0.6 is 0 Å². The van der Waals surface area contributed by atoms with Crippen LogP contribution in [0.2, 0.25) is 0 Å². The van der Waals surface area contributed by atoms with E-state index < -0.39 is 0 Å². The van der Waals surface area contributed by atoms with Crippen molar-refractivity contribution in [3.63, 3.8) is 0 Å². The maximum Gasteiger partial charge on any atom is 0.269 e. The van der Waals surface area contributed by atoms with Crippen LogP contribution in [0.25, 0.3) is 0 Å². The number of hydrogen-bond acceptors (Lipinski definition) is 1. The van der Waals surface area contributed by atoms with Crippen molar-refractivity contribution < 1.29 is 4.39 Å². The maximum absolute atomic E-state index is 13.0. The molecule has 0 aliphatic rings. The molecule has 0 amide bonds. The summed E-state index contributed by atoms with van der Waals surface area (Å²) in [7, 11) is 0. The van der Waals surface area contributed by atoms with Crippen LogP contribution in [0, 0.1) is 12.7 Å². The minimum atomic E-state index is -0.283. The monoisotopic (exact) mass is 234 g/mol. The third-order valence-corrected chi connectivity index (χ3v) is 2.87. The van der Waals surface area contributed by atoms with Crippen molar-refractivity contribution >= 4 is 0 Å². The fraction of sp³-hybridized carbons (Fsp3) is 0.308. The second kappa shape index (κ2) is 4.57. The molecule has 2 rings (SSSR count). The molecule has 4 heteroatoms. The van der Waals surface area contributed by atoms with Crippen LogP contribution in [-0.2, 0) is 13.0 Å². The molecule has 1 aromatic carbocycles. The van der Waals surface area contributed by atoms with Crippen molar-refractivity contribution in [1.29, 1.82) is 0 Å². The zero-order valence-corrected chi connectivity index (χ0v) is 9.96. The molecular weight excluding hydrogens is 219 g/mol. The van der Waals surface area contributed by atoms with Gasteiger partial charge in [0.2, 0.25) is 0 Å². The molecule has 0 saturated carbocycles. The first kappa shape index (κ1) is 11.6. The Bertz CT molecular complexity index is 583. The molecule has 1 N–H and O–H groups in total. The van der Waals surface area contributed by atoms with Crippen LogP contribution in [0.15, 0.2) is 29.1 Å². The van der Waals surface area contributed by atoms with Gasteiger partial charge in [-0.05, 0) is 31.0 Å². The Kier molecular flexibility index (Phi) is 3.13. The number of halogens is 1. The van der Waals surface area contributed by atoms with Crippen molar-refractivity contribution in [3.8, 4) is 0 Å². The highest BCUT2D eigenvalue weighted by molar-refractivity contribution is 5.19. The van der Waals surface area contributed by atoms with Crippen molar-refractivity contribution in [1.82, 2.24) is 9.78 Å². The smallest absolute Gasteiger partial charge is 0.269 e. The molecule has 0 fully saturated rings. The topological polar surface area (TPSA) is 37.8 Å². The van der Waals surface area contributed by atoms with Gasteiger partial charge in [0.05, 0.1) is 6.54 Å². The van der Waals surface area contributed by atoms with Crippen molar-refractivity contribution in [2.75, 3.05) is 0 Å². The van der Waals surface area contributed by atoms with Gasteiger partial charge in [-0.15, -0.1) is 0 Å². The summed E-state index contributed by atoms with van der Waals surface area (Å²) in [6, 6.07) is 6.28. The number of nitrogens with zero attached hydrogens (tertiary/aromatic N) is 1. The number of hydrogen-bond donors (Lipinski definition) is 1. The lowest BCUT2D eigenvalue weighted by molar-refractivity contribution is 0.614. The number of aromatic nitrogens is 2. The number of aromatic amines is 1. The lowest BCUT2D eigenvalue weighted by atomic mass is 10.2. The predicted molar refractivity (Wildman–Crippen MR) is 64.7 cm³/mol. The summed E-state index contributed by atoms with van der Waals surface area (Å²) in [5.41, 5.74) is 2.41. The van der Waals surface area contributed by atoms with Gasteiger partial charge in [0.15, 0.2) is 0 Å². The third-order valence-electron chi connectivity index (χ3n) is 2.87. The first-order valence-corrected chi connectivity index (χ1v) is 5.64. The molecule has 0 aliphatic heterocycles. The van der Waals surface area contributed by atoms with Gasteiger partial charge in [-0.3, -0.25) is 9.89 Å². The van der Waals surface area contributed by atoms with Gasteiger partial charge in [-0.25, -0.2) is 9.07 Å². The molecule has 90 valence electrons. The number of benzene rings is 1. The zero-order chi connectivity index (χ0) is 12.4. The average Bonchev–Trinajstić information content (AvgIpc) is 2.57. The number of rotatable bonds is 3. The molecule has 0 unspecified atom stereocenters. The molecule has 1 aromatic heterocycles. The van der Waals surface area contributed by atoms with E-state index in [4.69, 9.17) is 0 Å². The molecule has 0 radical (unpaired) electrons. The molecule has 0 atom stereocenters. The number of H-pyrrole nitrogens is 1. The minimum Gasteiger partial charge on any atom is -0.299 e. The standard InChI is InChI=1S/C13H15FN2O/c1-3-12-9(2)13(17)16(15-12)8-10-5-4-6-11(14)7-10/h4-7,15H,3,8H2,1-2H3. The van der Waals surface area contributed by atoms with Crippen molar-refractivity contribution in [2.45, 2.75) is 26.8 Å². The van der Waals surface area contributed by atoms with E-state index in [0.717, 1.165) is 23.2 Å². The van der Waals surface area contributed by atoms with Gasteiger partial charge in [-0.2, -0.15) is 0 Å². The largest absolute Gasteiger partial charge is 0.299 e. The Balaban J connectivity index is 2.34. The normalized spacial score (nSPS) is 10.8. The quantitative estimate of drug-likeness (QED) is 0.868. The molecule has 17 heavy (non-hydrogen) atoms. The van der Waals surface area contributed by atoms with Crippen LogP contribution in [0.5, 0.6) is 0 Å². The fourth-order valence-corrected chi connectivity index (χ4v) is 1.90. The molecule has 3 nitrogen and oxygen atoms in total. The van der Waals surface area contributed by atoms with Crippen molar-refractivity contribution in [2.24, 2.45) is 0 Å². The summed E-state index contributed by atoms with van der Waals surface area (Å²) in [5, 5.41) is 3.05. The zero-order valence-electron chi connectivity index (χ0n) is 9.96. The van der Waals surface area contributed by atoms with Crippen LogP contribution < -0.4 is 5.56 Å². The average molecular weight is 234 g/mol. The Hall–Kier alpha value is -1.84. The van der Waals surface area contributed by atoms with E-state index in [2.05, 4.69) is 5.10 Å². The van der Waals surface area contributed by atoms with E-state index in [0.29, 0.717) is 6.54 Å². The Morgan fingerprint density at radius 1 is 1.41 bits per heavy atom. The van der Waals surface area contributed by atoms with E-state index in [-0.39, 0.29) is 11.4 Å². The first-order valence-electron chi connectivity index (χ1n) is 5.64. The van der Waals surface area contributed by atoms with Gasteiger partial charge in [-0.1, -0.05) is 19.1 Å². The maximum atomic E-state index is 13.0. The van der Waals surface area contributed by atoms with Gasteiger partial charge in [0.1, 0.15) is 5.82 Å².